The summed E-state index contributed by atoms with van der Waals surface area (Å²) in [7, 11) is 1.13. The van der Waals surface area contributed by atoms with Crippen molar-refractivity contribution in [2.45, 2.75) is 31.7 Å². The maximum absolute atomic E-state index is 14.9. The number of carbonyl (C=O) groups is 1. The van der Waals surface area contributed by atoms with Crippen LogP contribution in [0.2, 0.25) is 0 Å². The largest absolute Gasteiger partial charge is 0.492 e. The zero-order chi connectivity index (χ0) is 21.5. The smallest absolute Gasteiger partial charge is 0.406 e. The third-order valence-corrected chi connectivity index (χ3v) is 4.81. The standard InChI is InChI=1S/C18H18F4N2O5/c1-29-16-13-10(6-12(19)14(16)23-4-2-9(25)3-5-23)15(26)11(17(27)28)7-24(13)8-18(20,21)22/h6-7,9,25H,2-5,8H2,1H3,(H,27,28). The van der Waals surface area contributed by atoms with E-state index in [0.29, 0.717) is 23.6 Å². The van der Waals surface area contributed by atoms with Crippen LogP contribution in [0.5, 0.6) is 5.75 Å². The Bertz CT molecular complexity index is 1010. The van der Waals surface area contributed by atoms with Crippen LogP contribution in [0.25, 0.3) is 10.9 Å². The lowest BCUT2D eigenvalue weighted by Gasteiger charge is -2.33. The van der Waals surface area contributed by atoms with Gasteiger partial charge >= 0.3 is 12.1 Å². The highest BCUT2D eigenvalue weighted by Crippen LogP contribution is 2.39. The normalized spacial score (nSPS) is 15.7. The summed E-state index contributed by atoms with van der Waals surface area (Å²) in [5.74, 6) is -2.94. The van der Waals surface area contributed by atoms with Gasteiger partial charge in [0, 0.05) is 19.3 Å². The van der Waals surface area contributed by atoms with E-state index >= 15 is 0 Å². The summed E-state index contributed by atoms with van der Waals surface area (Å²) in [6.45, 7) is -1.13. The van der Waals surface area contributed by atoms with Crippen LogP contribution in [0.3, 0.4) is 0 Å². The molecule has 2 aromatic rings. The van der Waals surface area contributed by atoms with Gasteiger partial charge in [-0.15, -0.1) is 0 Å². The van der Waals surface area contributed by atoms with Crippen molar-refractivity contribution in [2.24, 2.45) is 0 Å². The second-order valence-electron chi connectivity index (χ2n) is 6.77. The zero-order valence-corrected chi connectivity index (χ0v) is 15.3. The molecule has 1 aliphatic rings. The topological polar surface area (TPSA) is 92.0 Å². The number of aromatic nitrogens is 1. The number of alkyl halides is 3. The van der Waals surface area contributed by atoms with Crippen molar-refractivity contribution >= 4 is 22.6 Å². The van der Waals surface area contributed by atoms with Crippen LogP contribution < -0.4 is 15.1 Å². The summed E-state index contributed by atoms with van der Waals surface area (Å²) in [5, 5.41) is 18.3. The number of hydrogen-bond donors (Lipinski definition) is 2. The van der Waals surface area contributed by atoms with Crippen molar-refractivity contribution < 1.29 is 37.3 Å². The van der Waals surface area contributed by atoms with Crippen LogP contribution in [0, 0.1) is 5.82 Å². The Hall–Kier alpha value is -2.82. The number of fused-ring (bicyclic) bond motifs is 1. The van der Waals surface area contributed by atoms with Gasteiger partial charge in [-0.2, -0.15) is 13.2 Å². The van der Waals surface area contributed by atoms with Crippen LogP contribution in [-0.4, -0.2) is 53.2 Å². The molecule has 7 nitrogen and oxygen atoms in total. The number of aromatic carboxylic acids is 1. The minimum atomic E-state index is -4.73. The molecule has 0 radical (unpaired) electrons. The van der Waals surface area contributed by atoms with Gasteiger partial charge in [0.1, 0.15) is 17.8 Å². The third-order valence-electron chi connectivity index (χ3n) is 4.81. The highest BCUT2D eigenvalue weighted by molar-refractivity contribution is 5.97. The van der Waals surface area contributed by atoms with Gasteiger partial charge in [0.2, 0.25) is 5.43 Å². The van der Waals surface area contributed by atoms with Gasteiger partial charge in [0.25, 0.3) is 0 Å². The molecule has 0 unspecified atom stereocenters. The number of pyridine rings is 1. The summed E-state index contributed by atoms with van der Waals surface area (Å²) < 4.78 is 60.0. The monoisotopic (exact) mass is 418 g/mol. The molecule has 1 saturated heterocycles. The van der Waals surface area contributed by atoms with E-state index in [2.05, 4.69) is 0 Å². The van der Waals surface area contributed by atoms with E-state index < -0.39 is 47.0 Å². The molecule has 1 aromatic heterocycles. The van der Waals surface area contributed by atoms with Crippen molar-refractivity contribution in [2.75, 3.05) is 25.1 Å². The minimum absolute atomic E-state index is 0.134. The van der Waals surface area contributed by atoms with E-state index in [0.717, 1.165) is 13.2 Å². The number of halogens is 4. The fourth-order valence-corrected chi connectivity index (χ4v) is 3.54. The molecule has 1 fully saturated rings. The first-order valence-corrected chi connectivity index (χ1v) is 8.70. The lowest BCUT2D eigenvalue weighted by Crippen LogP contribution is -2.36. The SMILES string of the molecule is COc1c(N2CCC(O)CC2)c(F)cc2c(=O)c(C(=O)O)cn(CC(F)(F)F)c12. The van der Waals surface area contributed by atoms with E-state index in [1.54, 1.807) is 0 Å². The van der Waals surface area contributed by atoms with E-state index in [1.807, 2.05) is 0 Å². The molecule has 3 rings (SSSR count). The highest BCUT2D eigenvalue weighted by atomic mass is 19.4. The molecule has 0 spiro atoms. The lowest BCUT2D eigenvalue weighted by atomic mass is 10.0. The summed E-state index contributed by atoms with van der Waals surface area (Å²) in [5.41, 5.74) is -2.49. The Morgan fingerprint density at radius 1 is 1.31 bits per heavy atom. The molecule has 0 atom stereocenters. The molecule has 0 saturated carbocycles. The molecule has 11 heteroatoms. The molecule has 0 bridgehead atoms. The number of rotatable bonds is 4. The molecule has 0 amide bonds. The average molecular weight is 418 g/mol. The molecule has 1 aliphatic heterocycles. The van der Waals surface area contributed by atoms with E-state index in [1.165, 1.54) is 4.90 Å². The Labute approximate surface area is 161 Å². The average Bonchev–Trinajstić information content (AvgIpc) is 2.62. The van der Waals surface area contributed by atoms with Crippen molar-refractivity contribution in [1.29, 1.82) is 0 Å². The Kier molecular flexibility index (Phi) is 5.44. The molecule has 2 N–H and O–H groups in total. The van der Waals surface area contributed by atoms with Crippen molar-refractivity contribution in [3.63, 3.8) is 0 Å². The second kappa shape index (κ2) is 7.54. The summed E-state index contributed by atoms with van der Waals surface area (Å²) in [6.07, 6.45) is -4.05. The van der Waals surface area contributed by atoms with Gasteiger partial charge < -0.3 is 24.4 Å². The molecule has 0 aliphatic carbocycles. The molecular weight excluding hydrogens is 400 g/mol. The van der Waals surface area contributed by atoms with Crippen LogP contribution in [-0.2, 0) is 6.54 Å². The van der Waals surface area contributed by atoms with Crippen LogP contribution in [0.1, 0.15) is 23.2 Å². The highest BCUT2D eigenvalue weighted by Gasteiger charge is 2.32. The van der Waals surface area contributed by atoms with Gasteiger partial charge in [-0.05, 0) is 18.9 Å². The number of ether oxygens (including phenoxy) is 1. The fourth-order valence-electron chi connectivity index (χ4n) is 3.54. The number of aliphatic hydroxyl groups is 1. The summed E-state index contributed by atoms with van der Waals surface area (Å²) in [4.78, 5) is 25.3. The maximum atomic E-state index is 14.9. The summed E-state index contributed by atoms with van der Waals surface area (Å²) >= 11 is 0. The third kappa shape index (κ3) is 4.00. The van der Waals surface area contributed by atoms with Crippen molar-refractivity contribution in [1.82, 2.24) is 4.57 Å². The van der Waals surface area contributed by atoms with Crippen LogP contribution >= 0.6 is 0 Å². The Morgan fingerprint density at radius 2 is 1.93 bits per heavy atom. The van der Waals surface area contributed by atoms with E-state index in [9.17, 15) is 37.4 Å². The lowest BCUT2D eigenvalue weighted by molar-refractivity contribution is -0.140. The number of aliphatic hydroxyl groups excluding tert-OH is 1. The van der Waals surface area contributed by atoms with E-state index in [-0.39, 0.29) is 30.0 Å². The van der Waals surface area contributed by atoms with Gasteiger partial charge in [-0.25, -0.2) is 9.18 Å². The number of anilines is 1. The molecule has 158 valence electrons. The first-order valence-electron chi connectivity index (χ1n) is 8.70. The van der Waals surface area contributed by atoms with E-state index in [4.69, 9.17) is 4.74 Å². The number of carboxylic acid groups (broad SMARTS) is 1. The quantitative estimate of drug-likeness (QED) is 0.741. The van der Waals surface area contributed by atoms with Gasteiger partial charge in [0.15, 0.2) is 11.6 Å². The summed E-state index contributed by atoms with van der Waals surface area (Å²) in [6, 6.07) is 0.736. The number of methoxy groups -OCH3 is 1. The van der Waals surface area contributed by atoms with Gasteiger partial charge in [-0.3, -0.25) is 4.79 Å². The molecule has 29 heavy (non-hydrogen) atoms. The Morgan fingerprint density at radius 3 is 2.45 bits per heavy atom. The predicted molar refractivity (Wildman–Crippen MR) is 95.2 cm³/mol. The number of carboxylic acids is 1. The fraction of sp³-hybridized carbons (Fsp3) is 0.444. The van der Waals surface area contributed by atoms with Crippen molar-refractivity contribution in [3.8, 4) is 5.75 Å². The van der Waals surface area contributed by atoms with Gasteiger partial charge in [0.05, 0.1) is 24.1 Å². The maximum Gasteiger partial charge on any atom is 0.406 e. The molecule has 1 aromatic carbocycles. The first-order chi connectivity index (χ1) is 13.5. The Balaban J connectivity index is 2.35. The predicted octanol–water partition coefficient (Wildman–Crippen LogP) is 2.37. The number of piperidine rings is 1. The minimum Gasteiger partial charge on any atom is -0.492 e. The first kappa shape index (κ1) is 20.9. The zero-order valence-electron chi connectivity index (χ0n) is 15.3. The molecule has 2 heterocycles. The molecular formula is C18H18F4N2O5. The number of benzene rings is 1. The number of nitrogens with zero attached hydrogens (tertiary/aromatic N) is 2. The second-order valence-corrected chi connectivity index (χ2v) is 6.77. The van der Waals surface area contributed by atoms with Crippen molar-refractivity contribution in [3.05, 3.63) is 33.9 Å². The van der Waals surface area contributed by atoms with Crippen LogP contribution in [0.4, 0.5) is 23.2 Å². The van der Waals surface area contributed by atoms with Gasteiger partial charge in [-0.1, -0.05) is 0 Å². The van der Waals surface area contributed by atoms with Crippen LogP contribution in [0.15, 0.2) is 17.1 Å². The number of hydrogen-bond acceptors (Lipinski definition) is 5.